The Labute approximate surface area is 153 Å². The van der Waals surface area contributed by atoms with Crippen LogP contribution in [0.1, 0.15) is 39.0 Å². The zero-order valence-corrected chi connectivity index (χ0v) is 15.0. The lowest BCUT2D eigenvalue weighted by Gasteiger charge is -2.01. The van der Waals surface area contributed by atoms with Crippen LogP contribution in [0.4, 0.5) is 0 Å². The van der Waals surface area contributed by atoms with Crippen LogP contribution in [0.25, 0.3) is 15.9 Å². The molecule has 7 nitrogen and oxygen atoms in total. The van der Waals surface area contributed by atoms with E-state index in [1.807, 2.05) is 25.1 Å². The summed E-state index contributed by atoms with van der Waals surface area (Å²) in [5.74, 6) is 0.596. The van der Waals surface area contributed by atoms with Crippen molar-refractivity contribution in [2.75, 3.05) is 0 Å². The highest BCUT2D eigenvalue weighted by molar-refractivity contribution is 7.19. The van der Waals surface area contributed by atoms with Crippen molar-refractivity contribution in [3.8, 4) is 0 Å². The monoisotopic (exact) mass is 364 g/mol. The molecule has 0 spiro atoms. The normalized spacial score (nSPS) is 13.4. The molecule has 4 aromatic heterocycles. The quantitative estimate of drug-likeness (QED) is 0.604. The molecule has 4 heterocycles. The first-order valence-corrected chi connectivity index (χ1v) is 9.38. The van der Waals surface area contributed by atoms with Crippen LogP contribution in [0, 0.1) is 6.92 Å². The van der Waals surface area contributed by atoms with Crippen molar-refractivity contribution in [1.82, 2.24) is 29.9 Å². The fraction of sp³-hybridized carbons (Fsp3) is 0.278. The summed E-state index contributed by atoms with van der Waals surface area (Å²) >= 11 is 1.74. The molecule has 0 aliphatic heterocycles. The summed E-state index contributed by atoms with van der Waals surface area (Å²) < 4.78 is 1.68. The van der Waals surface area contributed by atoms with Crippen LogP contribution in [-0.2, 0) is 19.4 Å². The van der Waals surface area contributed by atoms with Crippen molar-refractivity contribution in [1.29, 1.82) is 0 Å². The number of fused-ring (bicyclic) bond motifs is 5. The topological polar surface area (TPSA) is 85.1 Å². The second-order valence-electron chi connectivity index (χ2n) is 6.37. The van der Waals surface area contributed by atoms with Crippen molar-refractivity contribution in [3.63, 3.8) is 0 Å². The van der Waals surface area contributed by atoms with Gasteiger partial charge in [-0.25, -0.2) is 9.97 Å². The number of carbonyl (C=O) groups excluding carboxylic acids is 1. The molecule has 1 aliphatic rings. The van der Waals surface area contributed by atoms with Crippen LogP contribution < -0.4 is 5.32 Å². The van der Waals surface area contributed by atoms with Gasteiger partial charge in [0.05, 0.1) is 17.6 Å². The number of amides is 1. The summed E-state index contributed by atoms with van der Waals surface area (Å²) in [7, 11) is 0. The fourth-order valence-corrected chi connectivity index (χ4v) is 4.74. The number of pyridine rings is 1. The number of nitrogens with zero attached hydrogens (tertiary/aromatic N) is 5. The van der Waals surface area contributed by atoms with Crippen LogP contribution in [0.2, 0.25) is 0 Å². The first-order valence-electron chi connectivity index (χ1n) is 8.56. The van der Waals surface area contributed by atoms with Gasteiger partial charge in [-0.1, -0.05) is 6.07 Å². The highest BCUT2D eigenvalue weighted by Gasteiger charge is 2.24. The smallest absolute Gasteiger partial charge is 0.291 e. The first-order chi connectivity index (χ1) is 12.7. The van der Waals surface area contributed by atoms with Gasteiger partial charge in [-0.05, 0) is 43.9 Å². The van der Waals surface area contributed by atoms with Gasteiger partial charge in [-0.3, -0.25) is 9.78 Å². The third-order valence-electron chi connectivity index (χ3n) is 4.66. The van der Waals surface area contributed by atoms with E-state index in [4.69, 9.17) is 0 Å². The SMILES string of the molecule is Cc1nc2sc3c(c2c2nc(C(=O)NCc4ccccn4)nn12)CCC3. The van der Waals surface area contributed by atoms with Crippen LogP contribution in [0.3, 0.4) is 0 Å². The number of aryl methyl sites for hydroxylation is 3. The zero-order valence-electron chi connectivity index (χ0n) is 14.2. The van der Waals surface area contributed by atoms with Crippen molar-refractivity contribution in [2.45, 2.75) is 32.7 Å². The first kappa shape index (κ1) is 15.4. The molecule has 130 valence electrons. The maximum Gasteiger partial charge on any atom is 0.291 e. The Morgan fingerprint density at radius 1 is 1.31 bits per heavy atom. The van der Waals surface area contributed by atoms with E-state index in [9.17, 15) is 4.79 Å². The largest absolute Gasteiger partial charge is 0.344 e. The molecule has 5 rings (SSSR count). The van der Waals surface area contributed by atoms with E-state index < -0.39 is 0 Å². The van der Waals surface area contributed by atoms with Gasteiger partial charge < -0.3 is 5.32 Å². The number of nitrogens with one attached hydrogen (secondary N) is 1. The van der Waals surface area contributed by atoms with Crippen molar-refractivity contribution >= 4 is 33.1 Å². The van der Waals surface area contributed by atoms with Gasteiger partial charge in [0.1, 0.15) is 10.7 Å². The highest BCUT2D eigenvalue weighted by Crippen LogP contribution is 2.38. The van der Waals surface area contributed by atoms with E-state index in [2.05, 4.69) is 25.4 Å². The van der Waals surface area contributed by atoms with Crippen molar-refractivity contribution in [2.24, 2.45) is 0 Å². The van der Waals surface area contributed by atoms with E-state index in [1.54, 1.807) is 22.0 Å². The van der Waals surface area contributed by atoms with Gasteiger partial charge in [0.25, 0.3) is 5.91 Å². The molecule has 1 aliphatic carbocycles. The Hall–Kier alpha value is -2.87. The molecule has 0 fully saturated rings. The number of rotatable bonds is 3. The average molecular weight is 364 g/mol. The lowest BCUT2D eigenvalue weighted by Crippen LogP contribution is -2.24. The summed E-state index contributed by atoms with van der Waals surface area (Å²) in [4.78, 5) is 28.3. The molecule has 0 atom stereocenters. The molecule has 1 N–H and O–H groups in total. The molecule has 0 unspecified atom stereocenters. The standard InChI is InChI=1S/C18H16N6OS/c1-10-21-18-14(12-6-4-7-13(12)26-18)16-22-15(23-24(10)16)17(25)20-9-11-5-2-3-8-19-11/h2-3,5,8H,4,6-7,9H2,1H3,(H,20,25). The molecule has 0 saturated heterocycles. The minimum absolute atomic E-state index is 0.163. The predicted octanol–water partition coefficient (Wildman–Crippen LogP) is 2.46. The number of hydrogen-bond donors (Lipinski definition) is 1. The summed E-state index contributed by atoms with van der Waals surface area (Å²) in [5, 5.41) is 8.29. The van der Waals surface area contributed by atoms with Crippen LogP contribution in [-0.4, -0.2) is 30.5 Å². The molecule has 26 heavy (non-hydrogen) atoms. The Morgan fingerprint density at radius 2 is 2.23 bits per heavy atom. The Balaban J connectivity index is 1.54. The van der Waals surface area contributed by atoms with Crippen molar-refractivity contribution < 1.29 is 4.79 Å². The average Bonchev–Trinajstić information content (AvgIpc) is 3.34. The minimum Gasteiger partial charge on any atom is -0.344 e. The lowest BCUT2D eigenvalue weighted by atomic mass is 10.2. The highest BCUT2D eigenvalue weighted by atomic mass is 32.1. The van der Waals surface area contributed by atoms with Gasteiger partial charge in [-0.2, -0.15) is 4.52 Å². The molecule has 8 heteroatoms. The van der Waals surface area contributed by atoms with Crippen LogP contribution >= 0.6 is 11.3 Å². The van der Waals surface area contributed by atoms with Crippen LogP contribution in [0.5, 0.6) is 0 Å². The van der Waals surface area contributed by atoms with Gasteiger partial charge in [-0.15, -0.1) is 16.4 Å². The second-order valence-corrected chi connectivity index (χ2v) is 7.45. The Morgan fingerprint density at radius 3 is 3.08 bits per heavy atom. The number of hydrogen-bond acceptors (Lipinski definition) is 6. The third kappa shape index (κ3) is 2.37. The summed E-state index contributed by atoms with van der Waals surface area (Å²) in [6.45, 7) is 2.23. The number of carbonyl (C=O) groups is 1. The number of thiophene rings is 1. The molecule has 0 saturated carbocycles. The van der Waals surface area contributed by atoms with Gasteiger partial charge in [0, 0.05) is 11.1 Å². The minimum atomic E-state index is -0.307. The molecule has 0 aromatic carbocycles. The molecule has 4 aromatic rings. The summed E-state index contributed by atoms with van der Waals surface area (Å²) in [6, 6.07) is 5.60. The number of aromatic nitrogens is 5. The fourth-order valence-electron chi connectivity index (χ4n) is 3.44. The van der Waals surface area contributed by atoms with E-state index in [-0.39, 0.29) is 11.7 Å². The molecule has 0 radical (unpaired) electrons. The molecule has 1 amide bonds. The van der Waals surface area contributed by atoms with Crippen LogP contribution in [0.15, 0.2) is 24.4 Å². The zero-order chi connectivity index (χ0) is 17.7. The predicted molar refractivity (Wildman–Crippen MR) is 98.3 cm³/mol. The third-order valence-corrected chi connectivity index (χ3v) is 5.85. The van der Waals surface area contributed by atoms with Gasteiger partial charge in [0.2, 0.25) is 5.82 Å². The maximum absolute atomic E-state index is 12.5. The summed E-state index contributed by atoms with van der Waals surface area (Å²) in [5.41, 5.74) is 2.85. The maximum atomic E-state index is 12.5. The molecular formula is C18H16N6OS. The molecular weight excluding hydrogens is 348 g/mol. The lowest BCUT2D eigenvalue weighted by molar-refractivity contribution is 0.0940. The Bertz CT molecular complexity index is 1150. The van der Waals surface area contributed by atoms with E-state index in [0.29, 0.717) is 6.54 Å². The molecule has 0 bridgehead atoms. The van der Waals surface area contributed by atoms with E-state index >= 15 is 0 Å². The van der Waals surface area contributed by atoms with E-state index in [1.165, 1.54) is 16.9 Å². The summed E-state index contributed by atoms with van der Waals surface area (Å²) in [6.07, 6.45) is 5.02. The van der Waals surface area contributed by atoms with Gasteiger partial charge in [0.15, 0.2) is 5.65 Å². The van der Waals surface area contributed by atoms with E-state index in [0.717, 1.165) is 40.2 Å². The second kappa shape index (κ2) is 5.84. The van der Waals surface area contributed by atoms with Gasteiger partial charge >= 0.3 is 0 Å². The Kier molecular flexibility index (Phi) is 3.46. The van der Waals surface area contributed by atoms with Crippen molar-refractivity contribution in [3.05, 3.63) is 52.2 Å².